The molecule has 1 rings (SSSR count). The van der Waals surface area contributed by atoms with Crippen molar-refractivity contribution in [1.82, 2.24) is 9.80 Å². The van der Waals surface area contributed by atoms with Crippen LogP contribution >= 0.6 is 0 Å². The first-order valence-corrected chi connectivity index (χ1v) is 3.72. The van der Waals surface area contributed by atoms with Crippen LogP contribution in [0.25, 0.3) is 0 Å². The van der Waals surface area contributed by atoms with Gasteiger partial charge in [-0.3, -0.25) is 4.90 Å². The van der Waals surface area contributed by atoms with E-state index in [0.29, 0.717) is 13.2 Å². The van der Waals surface area contributed by atoms with Gasteiger partial charge in [0.1, 0.15) is 6.23 Å². The second-order valence-corrected chi connectivity index (χ2v) is 2.84. The fourth-order valence-electron chi connectivity index (χ4n) is 1.10. The molecule has 0 bridgehead atoms. The van der Waals surface area contributed by atoms with Crippen LogP contribution in [-0.2, 0) is 4.74 Å². The molecule has 1 unspecified atom stereocenters. The molecular formula is C7H14N2O2. The number of nitrogens with zero attached hydrogens (tertiary/aromatic N) is 2. The summed E-state index contributed by atoms with van der Waals surface area (Å²) in [5.74, 6) is 0. The molecule has 1 aliphatic heterocycles. The molecule has 1 saturated heterocycles. The summed E-state index contributed by atoms with van der Waals surface area (Å²) >= 11 is 0. The Hall–Kier alpha value is -0.770. The normalized spacial score (nSPS) is 23.9. The van der Waals surface area contributed by atoms with Crippen molar-refractivity contribution in [2.45, 2.75) is 13.2 Å². The summed E-state index contributed by atoms with van der Waals surface area (Å²) in [7, 11) is 3.49. The molecule has 0 aromatic heterocycles. The van der Waals surface area contributed by atoms with Crippen LogP contribution < -0.4 is 0 Å². The van der Waals surface area contributed by atoms with E-state index >= 15 is 0 Å². The van der Waals surface area contributed by atoms with Crippen LogP contribution in [0, 0.1) is 0 Å². The van der Waals surface area contributed by atoms with E-state index in [1.54, 1.807) is 23.9 Å². The predicted octanol–water partition coefficient (Wildman–Crippen LogP) is 0.346. The Morgan fingerprint density at radius 2 is 2.27 bits per heavy atom. The van der Waals surface area contributed by atoms with Crippen molar-refractivity contribution in [2.24, 2.45) is 0 Å². The quantitative estimate of drug-likeness (QED) is 0.509. The van der Waals surface area contributed by atoms with Crippen LogP contribution in [-0.4, -0.2) is 49.3 Å². The van der Waals surface area contributed by atoms with Gasteiger partial charge in [0.25, 0.3) is 0 Å². The topological polar surface area (TPSA) is 32.8 Å². The van der Waals surface area contributed by atoms with Gasteiger partial charge in [-0.1, -0.05) is 0 Å². The Kier molecular flexibility index (Phi) is 2.34. The van der Waals surface area contributed by atoms with E-state index in [1.807, 2.05) is 6.92 Å². The van der Waals surface area contributed by atoms with E-state index < -0.39 is 0 Å². The van der Waals surface area contributed by atoms with Crippen LogP contribution in [0.3, 0.4) is 0 Å². The maximum atomic E-state index is 11.3. The monoisotopic (exact) mass is 158 g/mol. The Labute approximate surface area is 66.7 Å². The lowest BCUT2D eigenvalue weighted by Gasteiger charge is -2.23. The van der Waals surface area contributed by atoms with E-state index in [0.717, 1.165) is 0 Å². The molecule has 4 heteroatoms. The lowest BCUT2D eigenvalue weighted by molar-refractivity contribution is 0.0581. The summed E-state index contributed by atoms with van der Waals surface area (Å²) in [5.41, 5.74) is 0. The Bertz CT molecular complexity index is 159. The van der Waals surface area contributed by atoms with E-state index in [4.69, 9.17) is 4.74 Å². The number of urea groups is 1. The SMILES string of the molecule is CC1OCCN1C(=O)N(C)C. The zero-order valence-electron chi connectivity index (χ0n) is 7.20. The highest BCUT2D eigenvalue weighted by Crippen LogP contribution is 2.10. The third-order valence-electron chi connectivity index (χ3n) is 1.76. The Morgan fingerprint density at radius 3 is 2.64 bits per heavy atom. The summed E-state index contributed by atoms with van der Waals surface area (Å²) in [6.07, 6.45) is -0.0649. The molecule has 0 aliphatic carbocycles. The predicted molar refractivity (Wildman–Crippen MR) is 41.2 cm³/mol. The van der Waals surface area contributed by atoms with Gasteiger partial charge in [0, 0.05) is 20.6 Å². The third kappa shape index (κ3) is 1.63. The van der Waals surface area contributed by atoms with Crippen LogP contribution in [0.5, 0.6) is 0 Å². The van der Waals surface area contributed by atoms with Crippen molar-refractivity contribution in [1.29, 1.82) is 0 Å². The fourth-order valence-corrected chi connectivity index (χ4v) is 1.10. The van der Waals surface area contributed by atoms with Crippen molar-refractivity contribution in [3.05, 3.63) is 0 Å². The molecule has 0 N–H and O–H groups in total. The molecule has 2 amide bonds. The maximum absolute atomic E-state index is 11.3. The third-order valence-corrected chi connectivity index (χ3v) is 1.76. The number of hydrogen-bond acceptors (Lipinski definition) is 2. The number of rotatable bonds is 0. The minimum atomic E-state index is -0.0649. The largest absolute Gasteiger partial charge is 0.357 e. The average molecular weight is 158 g/mol. The summed E-state index contributed by atoms with van der Waals surface area (Å²) in [6.45, 7) is 3.24. The highest BCUT2D eigenvalue weighted by atomic mass is 16.5. The van der Waals surface area contributed by atoms with Crippen LogP contribution in [0.4, 0.5) is 4.79 Å². The molecule has 64 valence electrons. The van der Waals surface area contributed by atoms with Gasteiger partial charge in [0.2, 0.25) is 0 Å². The highest BCUT2D eigenvalue weighted by molar-refractivity contribution is 5.74. The van der Waals surface area contributed by atoms with Gasteiger partial charge in [-0.05, 0) is 6.92 Å². The lowest BCUT2D eigenvalue weighted by atomic mass is 10.5. The Morgan fingerprint density at radius 1 is 1.64 bits per heavy atom. The minimum absolute atomic E-state index is 0.0231. The second-order valence-electron chi connectivity index (χ2n) is 2.84. The van der Waals surface area contributed by atoms with Gasteiger partial charge >= 0.3 is 6.03 Å². The van der Waals surface area contributed by atoms with Crippen molar-refractivity contribution < 1.29 is 9.53 Å². The Balaban J connectivity index is 2.53. The van der Waals surface area contributed by atoms with Crippen molar-refractivity contribution in [3.63, 3.8) is 0 Å². The van der Waals surface area contributed by atoms with Gasteiger partial charge in [-0.25, -0.2) is 4.79 Å². The van der Waals surface area contributed by atoms with E-state index in [-0.39, 0.29) is 12.3 Å². The minimum Gasteiger partial charge on any atom is -0.357 e. The highest BCUT2D eigenvalue weighted by Gasteiger charge is 2.26. The zero-order valence-corrected chi connectivity index (χ0v) is 7.20. The molecule has 0 aromatic rings. The second kappa shape index (κ2) is 3.09. The molecule has 1 fully saturated rings. The number of carbonyl (C=O) groups excluding carboxylic acids is 1. The molecular weight excluding hydrogens is 144 g/mol. The van der Waals surface area contributed by atoms with E-state index in [1.165, 1.54) is 0 Å². The molecule has 1 aliphatic rings. The van der Waals surface area contributed by atoms with E-state index in [2.05, 4.69) is 0 Å². The smallest absolute Gasteiger partial charge is 0.321 e. The molecule has 0 saturated carbocycles. The molecule has 1 atom stereocenters. The van der Waals surface area contributed by atoms with Crippen LogP contribution in [0.15, 0.2) is 0 Å². The molecule has 11 heavy (non-hydrogen) atoms. The molecule has 0 aromatic carbocycles. The molecule has 4 nitrogen and oxygen atoms in total. The molecule has 1 heterocycles. The fraction of sp³-hybridized carbons (Fsp3) is 0.857. The standard InChI is InChI=1S/C7H14N2O2/c1-6-9(4-5-11-6)7(10)8(2)3/h6H,4-5H2,1-3H3. The maximum Gasteiger partial charge on any atom is 0.321 e. The summed E-state index contributed by atoms with van der Waals surface area (Å²) < 4.78 is 5.22. The van der Waals surface area contributed by atoms with Crippen molar-refractivity contribution in [2.75, 3.05) is 27.2 Å². The molecule has 0 radical (unpaired) electrons. The number of amides is 2. The number of hydrogen-bond donors (Lipinski definition) is 0. The van der Waals surface area contributed by atoms with Crippen LogP contribution in [0.2, 0.25) is 0 Å². The average Bonchev–Trinajstić information content (AvgIpc) is 2.33. The van der Waals surface area contributed by atoms with E-state index in [9.17, 15) is 4.79 Å². The lowest BCUT2D eigenvalue weighted by Crippen LogP contribution is -2.41. The summed E-state index contributed by atoms with van der Waals surface area (Å²) in [5, 5.41) is 0. The number of carbonyl (C=O) groups is 1. The van der Waals surface area contributed by atoms with Gasteiger partial charge in [0.15, 0.2) is 0 Å². The molecule has 0 spiro atoms. The van der Waals surface area contributed by atoms with Crippen LogP contribution in [0.1, 0.15) is 6.92 Å². The van der Waals surface area contributed by atoms with Crippen molar-refractivity contribution >= 4 is 6.03 Å². The first-order chi connectivity index (χ1) is 5.13. The van der Waals surface area contributed by atoms with Gasteiger partial charge < -0.3 is 9.64 Å². The van der Waals surface area contributed by atoms with Gasteiger partial charge in [-0.15, -0.1) is 0 Å². The first-order valence-electron chi connectivity index (χ1n) is 3.72. The number of ether oxygens (including phenoxy) is 1. The van der Waals surface area contributed by atoms with Gasteiger partial charge in [0.05, 0.1) is 6.61 Å². The summed E-state index contributed by atoms with van der Waals surface area (Å²) in [4.78, 5) is 14.6. The van der Waals surface area contributed by atoms with Gasteiger partial charge in [-0.2, -0.15) is 0 Å². The zero-order chi connectivity index (χ0) is 8.43. The van der Waals surface area contributed by atoms with Crippen molar-refractivity contribution in [3.8, 4) is 0 Å². The summed E-state index contributed by atoms with van der Waals surface area (Å²) in [6, 6.07) is 0.0231. The first kappa shape index (κ1) is 8.33.